The van der Waals surface area contributed by atoms with Crippen LogP contribution in [0.2, 0.25) is 0 Å². The minimum Gasteiger partial charge on any atom is -0.325 e. The van der Waals surface area contributed by atoms with Gasteiger partial charge in [-0.1, -0.05) is 6.07 Å². The number of hydrogen-bond donors (Lipinski definition) is 0. The third-order valence-corrected chi connectivity index (χ3v) is 5.74. The van der Waals surface area contributed by atoms with E-state index in [-0.39, 0.29) is 11.9 Å². The number of fused-ring (bicyclic) bond motifs is 1. The van der Waals surface area contributed by atoms with Gasteiger partial charge in [0.05, 0.1) is 12.2 Å². The summed E-state index contributed by atoms with van der Waals surface area (Å²) in [6.45, 7) is 0.714. The van der Waals surface area contributed by atoms with Gasteiger partial charge in [0.25, 0.3) is 5.91 Å². The fourth-order valence-electron chi connectivity index (χ4n) is 2.85. The van der Waals surface area contributed by atoms with Crippen molar-refractivity contribution in [2.75, 3.05) is 6.54 Å². The topological polar surface area (TPSA) is 46.1 Å². The predicted molar refractivity (Wildman–Crippen MR) is 87.3 cm³/mol. The molecule has 4 heterocycles. The highest BCUT2D eigenvalue weighted by Crippen LogP contribution is 2.39. The van der Waals surface area contributed by atoms with Gasteiger partial charge in [-0.2, -0.15) is 0 Å². The van der Waals surface area contributed by atoms with Crippen molar-refractivity contribution in [3.05, 3.63) is 68.6 Å². The number of hydrogen-bond acceptors (Lipinski definition) is 5. The minimum atomic E-state index is -0.0525. The van der Waals surface area contributed by atoms with Crippen LogP contribution in [0.15, 0.2) is 47.5 Å². The zero-order valence-electron chi connectivity index (χ0n) is 11.7. The summed E-state index contributed by atoms with van der Waals surface area (Å²) in [5, 5.41) is 4.17. The van der Waals surface area contributed by atoms with Crippen molar-refractivity contribution in [3.63, 3.8) is 0 Å². The molecule has 0 fully saturated rings. The lowest BCUT2D eigenvalue weighted by Crippen LogP contribution is -2.40. The maximum absolute atomic E-state index is 12.9. The van der Waals surface area contributed by atoms with E-state index in [1.165, 1.54) is 21.5 Å². The van der Waals surface area contributed by atoms with Crippen LogP contribution in [0.5, 0.6) is 0 Å². The van der Waals surface area contributed by atoms with E-state index >= 15 is 0 Å². The molecule has 1 amide bonds. The van der Waals surface area contributed by atoms with Crippen LogP contribution >= 0.6 is 22.7 Å². The Kier molecular flexibility index (Phi) is 3.48. The van der Waals surface area contributed by atoms with Gasteiger partial charge in [-0.05, 0) is 34.9 Å². The number of aromatic nitrogens is 2. The summed E-state index contributed by atoms with van der Waals surface area (Å²) in [5.41, 5.74) is 1.65. The van der Waals surface area contributed by atoms with Gasteiger partial charge in [0, 0.05) is 28.7 Å². The molecule has 0 saturated heterocycles. The lowest BCUT2D eigenvalue weighted by Gasteiger charge is -2.35. The van der Waals surface area contributed by atoms with E-state index in [9.17, 15) is 4.79 Å². The van der Waals surface area contributed by atoms with Gasteiger partial charge in [0.2, 0.25) is 0 Å². The first-order valence-corrected chi connectivity index (χ1v) is 8.77. The molecule has 0 bridgehead atoms. The van der Waals surface area contributed by atoms with Crippen molar-refractivity contribution in [3.8, 4) is 0 Å². The first kappa shape index (κ1) is 13.6. The largest absolute Gasteiger partial charge is 0.325 e. The van der Waals surface area contributed by atoms with Crippen LogP contribution in [-0.4, -0.2) is 27.3 Å². The molecule has 4 rings (SSSR count). The predicted octanol–water partition coefficient (Wildman–Crippen LogP) is 3.39. The first-order chi connectivity index (χ1) is 10.8. The Morgan fingerprint density at radius 3 is 2.95 bits per heavy atom. The summed E-state index contributed by atoms with van der Waals surface area (Å²) in [4.78, 5) is 25.5. The summed E-state index contributed by atoms with van der Waals surface area (Å²) < 4.78 is 0. The molecule has 1 atom stereocenters. The van der Waals surface area contributed by atoms with E-state index in [2.05, 4.69) is 32.9 Å². The van der Waals surface area contributed by atoms with Crippen molar-refractivity contribution in [1.82, 2.24) is 14.9 Å². The minimum absolute atomic E-state index is 0.00972. The third-order valence-electron chi connectivity index (χ3n) is 3.82. The van der Waals surface area contributed by atoms with Crippen molar-refractivity contribution >= 4 is 28.6 Å². The average molecular weight is 327 g/mol. The Balaban J connectivity index is 1.77. The highest BCUT2D eigenvalue weighted by atomic mass is 32.1. The Hall–Kier alpha value is -2.05. The van der Waals surface area contributed by atoms with Gasteiger partial charge in [0.15, 0.2) is 0 Å². The second-order valence-corrected chi connectivity index (χ2v) is 7.04. The molecular formula is C16H13N3OS2. The number of nitrogens with zero attached hydrogens (tertiary/aromatic N) is 3. The average Bonchev–Trinajstić information content (AvgIpc) is 3.25. The Labute approximate surface area is 136 Å². The van der Waals surface area contributed by atoms with Crippen LogP contribution < -0.4 is 0 Å². The summed E-state index contributed by atoms with van der Waals surface area (Å²) in [6, 6.07) is 6.26. The van der Waals surface area contributed by atoms with Crippen LogP contribution in [0, 0.1) is 0 Å². The molecule has 110 valence electrons. The molecule has 1 aliphatic heterocycles. The smallest absolute Gasteiger partial charge is 0.274 e. The zero-order chi connectivity index (χ0) is 14.9. The van der Waals surface area contributed by atoms with Crippen LogP contribution in [0.3, 0.4) is 0 Å². The molecule has 0 aromatic carbocycles. The molecule has 1 unspecified atom stereocenters. The quantitative estimate of drug-likeness (QED) is 0.725. The van der Waals surface area contributed by atoms with Gasteiger partial charge in [-0.25, -0.2) is 4.98 Å². The molecule has 6 heteroatoms. The standard InChI is InChI=1S/C16H13N3OS2/c20-16(12-10-17-5-6-18-12)19-7-3-13-11(4-9-22-13)15(19)14-2-1-8-21-14/h1-2,4-6,8-10,15H,3,7H2. The lowest BCUT2D eigenvalue weighted by molar-refractivity contribution is 0.0692. The van der Waals surface area contributed by atoms with E-state index in [0.717, 1.165) is 6.42 Å². The fourth-order valence-corrected chi connectivity index (χ4v) is 4.60. The van der Waals surface area contributed by atoms with Gasteiger partial charge < -0.3 is 4.90 Å². The number of carbonyl (C=O) groups is 1. The molecule has 0 N–H and O–H groups in total. The Bertz CT molecular complexity index is 783. The monoisotopic (exact) mass is 327 g/mol. The lowest BCUT2D eigenvalue weighted by atomic mass is 9.98. The van der Waals surface area contributed by atoms with E-state index in [1.54, 1.807) is 35.1 Å². The highest BCUT2D eigenvalue weighted by Gasteiger charge is 2.34. The molecule has 0 radical (unpaired) electrons. The van der Waals surface area contributed by atoms with Crippen LogP contribution in [0.4, 0.5) is 0 Å². The molecule has 3 aromatic heterocycles. The maximum atomic E-state index is 12.9. The fraction of sp³-hybridized carbons (Fsp3) is 0.188. The first-order valence-electron chi connectivity index (χ1n) is 7.01. The molecule has 0 saturated carbocycles. The summed E-state index contributed by atoms with van der Waals surface area (Å²) >= 11 is 3.46. The normalized spacial score (nSPS) is 17.3. The van der Waals surface area contributed by atoms with Gasteiger partial charge in [-0.15, -0.1) is 22.7 Å². The van der Waals surface area contributed by atoms with E-state index in [1.807, 2.05) is 11.0 Å². The molecule has 0 aliphatic carbocycles. The molecule has 4 nitrogen and oxygen atoms in total. The van der Waals surface area contributed by atoms with E-state index in [4.69, 9.17) is 0 Å². The van der Waals surface area contributed by atoms with Crippen molar-refractivity contribution in [2.24, 2.45) is 0 Å². The van der Waals surface area contributed by atoms with Crippen LogP contribution in [0.1, 0.15) is 31.8 Å². The second-order valence-electron chi connectivity index (χ2n) is 5.06. The summed E-state index contributed by atoms with van der Waals surface area (Å²) in [7, 11) is 0. The third kappa shape index (κ3) is 2.24. The Morgan fingerprint density at radius 1 is 1.23 bits per heavy atom. The number of carbonyl (C=O) groups excluding carboxylic acids is 1. The van der Waals surface area contributed by atoms with Crippen molar-refractivity contribution in [1.29, 1.82) is 0 Å². The van der Waals surface area contributed by atoms with E-state index < -0.39 is 0 Å². The Morgan fingerprint density at radius 2 is 2.18 bits per heavy atom. The van der Waals surface area contributed by atoms with Gasteiger partial charge >= 0.3 is 0 Å². The van der Waals surface area contributed by atoms with Crippen molar-refractivity contribution < 1.29 is 4.79 Å². The zero-order valence-corrected chi connectivity index (χ0v) is 13.3. The molecule has 22 heavy (non-hydrogen) atoms. The van der Waals surface area contributed by atoms with Gasteiger partial charge in [-0.3, -0.25) is 9.78 Å². The molecular weight excluding hydrogens is 314 g/mol. The van der Waals surface area contributed by atoms with Crippen LogP contribution in [-0.2, 0) is 6.42 Å². The summed E-state index contributed by atoms with van der Waals surface area (Å²) in [6.07, 6.45) is 5.59. The second kappa shape index (κ2) is 5.62. The van der Waals surface area contributed by atoms with Gasteiger partial charge in [0.1, 0.15) is 5.69 Å². The van der Waals surface area contributed by atoms with E-state index in [0.29, 0.717) is 12.2 Å². The molecule has 3 aromatic rings. The molecule has 0 spiro atoms. The summed E-state index contributed by atoms with van der Waals surface area (Å²) in [5.74, 6) is -0.0525. The maximum Gasteiger partial charge on any atom is 0.274 e. The molecule has 1 aliphatic rings. The number of amides is 1. The number of rotatable bonds is 2. The highest BCUT2D eigenvalue weighted by molar-refractivity contribution is 7.10. The van der Waals surface area contributed by atoms with Crippen molar-refractivity contribution in [2.45, 2.75) is 12.5 Å². The van der Waals surface area contributed by atoms with Crippen LogP contribution in [0.25, 0.3) is 0 Å². The SMILES string of the molecule is O=C(c1cnccn1)N1CCc2sccc2C1c1cccs1. The number of thiophene rings is 2.